The van der Waals surface area contributed by atoms with Gasteiger partial charge in [0.2, 0.25) is 11.8 Å². The molecule has 37 heavy (non-hydrogen) atoms. The van der Waals surface area contributed by atoms with E-state index in [1.54, 1.807) is 12.1 Å². The maximum atomic E-state index is 14.3. The lowest BCUT2D eigenvalue weighted by molar-refractivity contribution is -0.145. The van der Waals surface area contributed by atoms with Crippen LogP contribution in [0.5, 0.6) is 5.75 Å². The lowest BCUT2D eigenvalue weighted by Crippen LogP contribution is -2.55. The van der Waals surface area contributed by atoms with E-state index in [2.05, 4.69) is 0 Å². The van der Waals surface area contributed by atoms with E-state index in [4.69, 9.17) is 4.74 Å². The standard InChI is InChI=1S/C31H39FN2O3/c32-26-14-12-25(13-15-26)31(17-5-6-18-31)29(36)34-21-9-16-30(23-34,24-37-27-10-3-1-4-11-27)22-28(35)33-19-7-2-8-20-33/h1,3-4,10-15H,2,5-9,16-24H2/t30-/m1/s1. The van der Waals surface area contributed by atoms with Crippen LogP contribution in [0.3, 0.4) is 0 Å². The molecule has 2 amide bonds. The summed E-state index contributed by atoms with van der Waals surface area (Å²) >= 11 is 0. The number of hydrogen-bond donors (Lipinski definition) is 0. The molecule has 198 valence electrons. The molecule has 2 saturated heterocycles. The van der Waals surface area contributed by atoms with Gasteiger partial charge in [-0.3, -0.25) is 9.59 Å². The summed E-state index contributed by atoms with van der Waals surface area (Å²) in [5, 5.41) is 0. The predicted octanol–water partition coefficient (Wildman–Crippen LogP) is 5.73. The second kappa shape index (κ2) is 11.2. The second-order valence-electron chi connectivity index (χ2n) is 11.3. The number of nitrogens with zero attached hydrogens (tertiary/aromatic N) is 2. The van der Waals surface area contributed by atoms with Gasteiger partial charge in [0.15, 0.2) is 0 Å². The lowest BCUT2D eigenvalue weighted by Gasteiger charge is -2.46. The number of carbonyl (C=O) groups excluding carboxylic acids is 2. The second-order valence-corrected chi connectivity index (χ2v) is 11.3. The molecule has 6 heteroatoms. The molecule has 0 unspecified atom stereocenters. The molecule has 0 radical (unpaired) electrons. The minimum absolute atomic E-state index is 0.130. The average Bonchev–Trinajstić information content (AvgIpc) is 3.44. The molecule has 0 spiro atoms. The molecule has 5 rings (SSSR count). The van der Waals surface area contributed by atoms with Crippen molar-refractivity contribution in [1.82, 2.24) is 9.80 Å². The zero-order chi connectivity index (χ0) is 25.7. The molecule has 0 N–H and O–H groups in total. The van der Waals surface area contributed by atoms with Gasteiger partial charge in [0.05, 0.1) is 12.0 Å². The third-order valence-electron chi connectivity index (χ3n) is 8.74. The Bertz CT molecular complexity index is 1060. The van der Waals surface area contributed by atoms with Gasteiger partial charge in [0.1, 0.15) is 11.6 Å². The molecule has 3 fully saturated rings. The maximum absolute atomic E-state index is 14.3. The van der Waals surface area contributed by atoms with Crippen molar-refractivity contribution in [2.45, 2.75) is 69.6 Å². The summed E-state index contributed by atoms with van der Waals surface area (Å²) in [6.07, 6.45) is 8.95. The summed E-state index contributed by atoms with van der Waals surface area (Å²) in [6, 6.07) is 16.2. The molecule has 0 bridgehead atoms. The molecular formula is C31H39FN2O3. The van der Waals surface area contributed by atoms with Crippen molar-refractivity contribution in [3.05, 3.63) is 66.0 Å². The zero-order valence-corrected chi connectivity index (χ0v) is 21.8. The third-order valence-corrected chi connectivity index (χ3v) is 8.74. The Kier molecular flexibility index (Phi) is 7.82. The molecule has 5 nitrogen and oxygen atoms in total. The Morgan fingerprint density at radius 3 is 2.16 bits per heavy atom. The quantitative estimate of drug-likeness (QED) is 0.482. The minimum atomic E-state index is -0.603. The van der Waals surface area contributed by atoms with E-state index in [1.807, 2.05) is 40.1 Å². The monoisotopic (exact) mass is 506 g/mol. The SMILES string of the molecule is O=C(C[C@]1(COc2ccccc2)CCCN(C(=O)C2(c3ccc(F)cc3)CCCC2)C1)N1CCCCC1. The predicted molar refractivity (Wildman–Crippen MR) is 142 cm³/mol. The van der Waals surface area contributed by atoms with Crippen LogP contribution in [0.25, 0.3) is 0 Å². The fourth-order valence-corrected chi connectivity index (χ4v) is 6.70. The number of hydrogen-bond acceptors (Lipinski definition) is 3. The van der Waals surface area contributed by atoms with Crippen LogP contribution in [-0.4, -0.2) is 54.4 Å². The maximum Gasteiger partial charge on any atom is 0.233 e. The first-order valence-electron chi connectivity index (χ1n) is 14.0. The van der Waals surface area contributed by atoms with E-state index in [-0.39, 0.29) is 17.6 Å². The van der Waals surface area contributed by atoms with Crippen LogP contribution < -0.4 is 4.74 Å². The summed E-state index contributed by atoms with van der Waals surface area (Å²) < 4.78 is 20.0. The van der Waals surface area contributed by atoms with Crippen molar-refractivity contribution in [3.8, 4) is 5.75 Å². The minimum Gasteiger partial charge on any atom is -0.493 e. The fraction of sp³-hybridized carbons (Fsp3) is 0.548. The summed E-state index contributed by atoms with van der Waals surface area (Å²) in [5.41, 5.74) is -0.119. The average molecular weight is 507 g/mol. The highest BCUT2D eigenvalue weighted by Gasteiger charge is 2.48. The van der Waals surface area contributed by atoms with Gasteiger partial charge in [-0.2, -0.15) is 0 Å². The van der Waals surface area contributed by atoms with Crippen LogP contribution in [0.2, 0.25) is 0 Å². The van der Waals surface area contributed by atoms with E-state index in [0.717, 1.165) is 75.8 Å². The van der Waals surface area contributed by atoms with Crippen molar-refractivity contribution in [2.75, 3.05) is 32.8 Å². The highest BCUT2D eigenvalue weighted by atomic mass is 19.1. The van der Waals surface area contributed by atoms with Gasteiger partial charge in [-0.15, -0.1) is 0 Å². The smallest absolute Gasteiger partial charge is 0.233 e. The van der Waals surface area contributed by atoms with Gasteiger partial charge in [-0.25, -0.2) is 4.39 Å². The van der Waals surface area contributed by atoms with E-state index in [9.17, 15) is 14.0 Å². The van der Waals surface area contributed by atoms with E-state index >= 15 is 0 Å². The van der Waals surface area contributed by atoms with Crippen molar-refractivity contribution in [1.29, 1.82) is 0 Å². The number of halogens is 1. The highest BCUT2D eigenvalue weighted by molar-refractivity contribution is 5.89. The first-order valence-corrected chi connectivity index (χ1v) is 14.0. The molecule has 2 aromatic rings. The largest absolute Gasteiger partial charge is 0.493 e. The van der Waals surface area contributed by atoms with Crippen LogP contribution in [0.4, 0.5) is 4.39 Å². The molecule has 3 aliphatic rings. The van der Waals surface area contributed by atoms with E-state index < -0.39 is 10.8 Å². The summed E-state index contributed by atoms with van der Waals surface area (Å²) in [4.78, 5) is 31.7. The number of piperidine rings is 2. The Labute approximate surface area is 220 Å². The lowest BCUT2D eigenvalue weighted by atomic mass is 9.74. The number of benzene rings is 2. The summed E-state index contributed by atoms with van der Waals surface area (Å²) in [6.45, 7) is 3.26. The van der Waals surface area contributed by atoms with E-state index in [0.29, 0.717) is 26.1 Å². The number of rotatable bonds is 7. The first-order chi connectivity index (χ1) is 18.0. The number of ether oxygens (including phenoxy) is 1. The molecule has 2 heterocycles. The third kappa shape index (κ3) is 5.68. The molecular weight excluding hydrogens is 467 g/mol. The van der Waals surface area contributed by atoms with Gasteiger partial charge in [-0.1, -0.05) is 43.2 Å². The normalized spacial score (nSPS) is 23.6. The summed E-state index contributed by atoms with van der Waals surface area (Å²) in [5.74, 6) is 0.815. The molecule has 2 aliphatic heterocycles. The molecule has 1 atom stereocenters. The van der Waals surface area contributed by atoms with Crippen molar-refractivity contribution in [3.63, 3.8) is 0 Å². The molecule has 2 aromatic carbocycles. The van der Waals surface area contributed by atoms with Crippen LogP contribution in [0, 0.1) is 11.2 Å². The summed E-state index contributed by atoms with van der Waals surface area (Å²) in [7, 11) is 0. The van der Waals surface area contributed by atoms with Gasteiger partial charge >= 0.3 is 0 Å². The molecule has 0 aromatic heterocycles. The van der Waals surface area contributed by atoms with Crippen LogP contribution >= 0.6 is 0 Å². The van der Waals surface area contributed by atoms with Crippen LogP contribution in [0.1, 0.15) is 69.8 Å². The van der Waals surface area contributed by atoms with Gasteiger partial charge < -0.3 is 14.5 Å². The first kappa shape index (κ1) is 25.7. The van der Waals surface area contributed by atoms with Gasteiger partial charge in [0.25, 0.3) is 0 Å². The Morgan fingerprint density at radius 1 is 0.784 bits per heavy atom. The van der Waals surface area contributed by atoms with Gasteiger partial charge in [0, 0.05) is 38.0 Å². The number of para-hydroxylation sites is 1. The van der Waals surface area contributed by atoms with Crippen LogP contribution in [-0.2, 0) is 15.0 Å². The highest BCUT2D eigenvalue weighted by Crippen LogP contribution is 2.45. The topological polar surface area (TPSA) is 49.9 Å². The van der Waals surface area contributed by atoms with Crippen molar-refractivity contribution < 1.29 is 18.7 Å². The number of carbonyl (C=O) groups is 2. The molecule has 1 aliphatic carbocycles. The fourth-order valence-electron chi connectivity index (χ4n) is 6.70. The number of amides is 2. The number of likely N-dealkylation sites (tertiary alicyclic amines) is 2. The Hall–Kier alpha value is -2.89. The van der Waals surface area contributed by atoms with Crippen molar-refractivity contribution >= 4 is 11.8 Å². The van der Waals surface area contributed by atoms with Crippen LogP contribution in [0.15, 0.2) is 54.6 Å². The van der Waals surface area contributed by atoms with Gasteiger partial charge in [-0.05, 0) is 74.8 Å². The Balaban J connectivity index is 1.39. The molecule has 1 saturated carbocycles. The van der Waals surface area contributed by atoms with Crippen molar-refractivity contribution in [2.24, 2.45) is 5.41 Å². The Morgan fingerprint density at radius 2 is 1.46 bits per heavy atom. The zero-order valence-electron chi connectivity index (χ0n) is 21.8. The van der Waals surface area contributed by atoms with E-state index in [1.165, 1.54) is 18.6 Å².